The first-order valence-electron chi connectivity index (χ1n) is 7.32. The van der Waals surface area contributed by atoms with Crippen LogP contribution < -0.4 is 5.32 Å². The van der Waals surface area contributed by atoms with E-state index in [1.165, 1.54) is 12.8 Å². The molecule has 2 fully saturated rings. The summed E-state index contributed by atoms with van der Waals surface area (Å²) in [7, 11) is 0. The summed E-state index contributed by atoms with van der Waals surface area (Å²) in [5.74, 6) is 0.642. The Bertz CT molecular complexity index is 285. The molecule has 0 radical (unpaired) electrons. The number of aliphatic hydroxyl groups excluding tert-OH is 1. The first-order chi connectivity index (χ1) is 7.88. The number of fused-ring (bicyclic) bond motifs is 2. The molecule has 2 heteroatoms. The zero-order valence-electron chi connectivity index (χ0n) is 12.1. The fraction of sp³-hybridized carbons (Fsp3) is 1.00. The molecule has 2 saturated carbocycles. The lowest BCUT2D eigenvalue weighted by molar-refractivity contribution is -0.00193. The monoisotopic (exact) mass is 239 g/mol. The van der Waals surface area contributed by atoms with Crippen LogP contribution in [0.5, 0.6) is 0 Å². The Morgan fingerprint density at radius 1 is 1.24 bits per heavy atom. The quantitative estimate of drug-likeness (QED) is 0.790. The van der Waals surface area contributed by atoms with Crippen LogP contribution in [-0.2, 0) is 0 Å². The summed E-state index contributed by atoms with van der Waals surface area (Å²) in [6.07, 6.45) is 4.61. The predicted molar refractivity (Wildman–Crippen MR) is 71.9 cm³/mol. The van der Waals surface area contributed by atoms with Gasteiger partial charge in [-0.05, 0) is 37.0 Å². The van der Waals surface area contributed by atoms with Crippen LogP contribution in [0.15, 0.2) is 0 Å². The van der Waals surface area contributed by atoms with Gasteiger partial charge in [-0.3, -0.25) is 0 Å². The molecule has 0 aromatic heterocycles. The molecule has 0 amide bonds. The predicted octanol–water partition coefficient (Wildman–Crippen LogP) is 2.95. The van der Waals surface area contributed by atoms with Gasteiger partial charge in [0.05, 0.1) is 6.10 Å². The minimum absolute atomic E-state index is 0.112. The third-order valence-electron chi connectivity index (χ3n) is 6.21. The van der Waals surface area contributed by atoms with E-state index in [0.717, 1.165) is 12.8 Å². The Labute approximate surface area is 106 Å². The molecule has 0 aliphatic heterocycles. The van der Waals surface area contributed by atoms with Crippen molar-refractivity contribution in [3.05, 3.63) is 0 Å². The standard InChI is InChI=1S/C15H29NO/c1-6-10(7-2)16-12-11-8-9-15(5,13(12)17)14(11,3)4/h10-13,16-17H,6-9H2,1-5H3/t11-,12-,13-,15+/m1/s1. The molecular weight excluding hydrogens is 210 g/mol. The van der Waals surface area contributed by atoms with Crippen molar-refractivity contribution < 1.29 is 5.11 Å². The van der Waals surface area contributed by atoms with Crippen molar-refractivity contribution in [3.63, 3.8) is 0 Å². The van der Waals surface area contributed by atoms with Crippen molar-refractivity contribution in [2.45, 2.75) is 78.5 Å². The molecule has 2 rings (SSSR count). The van der Waals surface area contributed by atoms with E-state index in [0.29, 0.717) is 18.0 Å². The highest BCUT2D eigenvalue weighted by molar-refractivity contribution is 5.17. The number of hydrogen-bond donors (Lipinski definition) is 2. The van der Waals surface area contributed by atoms with Crippen LogP contribution in [0.2, 0.25) is 0 Å². The fourth-order valence-electron chi connectivity index (χ4n) is 4.34. The highest BCUT2D eigenvalue weighted by Crippen LogP contribution is 2.65. The van der Waals surface area contributed by atoms with Crippen LogP contribution in [0.1, 0.15) is 60.3 Å². The first-order valence-corrected chi connectivity index (χ1v) is 7.32. The molecule has 0 aromatic rings. The smallest absolute Gasteiger partial charge is 0.0754 e. The molecule has 2 aliphatic rings. The van der Waals surface area contributed by atoms with Crippen LogP contribution >= 0.6 is 0 Å². The molecule has 2 aliphatic carbocycles. The molecule has 0 spiro atoms. The molecule has 100 valence electrons. The van der Waals surface area contributed by atoms with E-state index < -0.39 is 0 Å². The van der Waals surface area contributed by atoms with E-state index in [2.05, 4.69) is 39.9 Å². The van der Waals surface area contributed by atoms with Gasteiger partial charge in [0.25, 0.3) is 0 Å². The second-order valence-electron chi connectivity index (χ2n) is 6.94. The lowest BCUT2D eigenvalue weighted by Gasteiger charge is -2.37. The third-order valence-corrected chi connectivity index (χ3v) is 6.21. The second kappa shape index (κ2) is 4.24. The van der Waals surface area contributed by atoms with Crippen molar-refractivity contribution in [1.29, 1.82) is 0 Å². The Morgan fingerprint density at radius 2 is 1.82 bits per heavy atom. The summed E-state index contributed by atoms with van der Waals surface area (Å²) in [6.45, 7) is 11.4. The summed E-state index contributed by atoms with van der Waals surface area (Å²) in [4.78, 5) is 0. The summed E-state index contributed by atoms with van der Waals surface area (Å²) in [6, 6.07) is 0.877. The van der Waals surface area contributed by atoms with Gasteiger partial charge in [-0.1, -0.05) is 34.6 Å². The number of rotatable bonds is 4. The molecule has 0 unspecified atom stereocenters. The molecule has 2 bridgehead atoms. The van der Waals surface area contributed by atoms with E-state index >= 15 is 0 Å². The fourth-order valence-corrected chi connectivity index (χ4v) is 4.34. The van der Waals surface area contributed by atoms with Gasteiger partial charge in [-0.15, -0.1) is 0 Å². The largest absolute Gasteiger partial charge is 0.391 e. The summed E-state index contributed by atoms with van der Waals surface area (Å²) in [5.41, 5.74) is 0.386. The maximum atomic E-state index is 10.7. The van der Waals surface area contributed by atoms with Gasteiger partial charge >= 0.3 is 0 Å². The average Bonchev–Trinajstić information content (AvgIpc) is 2.59. The van der Waals surface area contributed by atoms with Gasteiger partial charge in [0.1, 0.15) is 0 Å². The van der Waals surface area contributed by atoms with Crippen LogP contribution in [0.3, 0.4) is 0 Å². The van der Waals surface area contributed by atoms with Crippen LogP contribution in [0, 0.1) is 16.7 Å². The summed E-state index contributed by atoms with van der Waals surface area (Å²) >= 11 is 0. The van der Waals surface area contributed by atoms with Crippen molar-refractivity contribution in [2.75, 3.05) is 0 Å². The summed E-state index contributed by atoms with van der Waals surface area (Å²) < 4.78 is 0. The minimum Gasteiger partial charge on any atom is -0.391 e. The molecule has 2 nitrogen and oxygen atoms in total. The van der Waals surface area contributed by atoms with E-state index in [4.69, 9.17) is 0 Å². The molecular formula is C15H29NO. The highest BCUT2D eigenvalue weighted by atomic mass is 16.3. The molecule has 4 atom stereocenters. The van der Waals surface area contributed by atoms with Crippen LogP contribution in [0.25, 0.3) is 0 Å². The Kier molecular flexibility index (Phi) is 3.33. The average molecular weight is 239 g/mol. The lowest BCUT2D eigenvalue weighted by Crippen LogP contribution is -2.50. The molecule has 2 N–H and O–H groups in total. The molecule has 0 saturated heterocycles. The first kappa shape index (κ1) is 13.4. The normalized spacial score (nSPS) is 43.6. The van der Waals surface area contributed by atoms with Crippen LogP contribution in [0.4, 0.5) is 0 Å². The van der Waals surface area contributed by atoms with Gasteiger partial charge in [-0.2, -0.15) is 0 Å². The maximum absolute atomic E-state index is 10.7. The topological polar surface area (TPSA) is 32.3 Å². The Balaban J connectivity index is 2.17. The van der Waals surface area contributed by atoms with Gasteiger partial charge in [0.2, 0.25) is 0 Å². The van der Waals surface area contributed by atoms with Gasteiger partial charge in [-0.25, -0.2) is 0 Å². The minimum atomic E-state index is -0.170. The molecule has 0 heterocycles. The number of hydrogen-bond acceptors (Lipinski definition) is 2. The highest BCUT2D eigenvalue weighted by Gasteiger charge is 2.65. The molecule has 17 heavy (non-hydrogen) atoms. The SMILES string of the molecule is CCC(CC)N[C@@H]1[C@H]2CC[C@@](C)([C@@H]1O)C2(C)C. The van der Waals surface area contributed by atoms with E-state index in [1.54, 1.807) is 0 Å². The van der Waals surface area contributed by atoms with Crippen molar-refractivity contribution in [2.24, 2.45) is 16.7 Å². The van der Waals surface area contributed by atoms with Gasteiger partial charge in [0, 0.05) is 17.5 Å². The lowest BCUT2D eigenvalue weighted by atomic mass is 9.70. The van der Waals surface area contributed by atoms with E-state index in [9.17, 15) is 5.11 Å². The van der Waals surface area contributed by atoms with Crippen molar-refractivity contribution in [3.8, 4) is 0 Å². The maximum Gasteiger partial charge on any atom is 0.0754 e. The van der Waals surface area contributed by atoms with Gasteiger partial charge < -0.3 is 10.4 Å². The Hall–Kier alpha value is -0.0800. The summed E-state index contributed by atoms with van der Waals surface area (Å²) in [5, 5.41) is 14.4. The zero-order valence-corrected chi connectivity index (χ0v) is 12.1. The van der Waals surface area contributed by atoms with Crippen LogP contribution in [-0.4, -0.2) is 23.3 Å². The molecule has 0 aromatic carbocycles. The van der Waals surface area contributed by atoms with E-state index in [-0.39, 0.29) is 16.9 Å². The zero-order chi connectivity index (χ0) is 12.8. The number of aliphatic hydroxyl groups is 1. The van der Waals surface area contributed by atoms with Gasteiger partial charge in [0.15, 0.2) is 0 Å². The van der Waals surface area contributed by atoms with E-state index in [1.807, 2.05) is 0 Å². The van der Waals surface area contributed by atoms with Crippen molar-refractivity contribution in [1.82, 2.24) is 5.32 Å². The van der Waals surface area contributed by atoms with Crippen molar-refractivity contribution >= 4 is 0 Å². The third kappa shape index (κ3) is 1.67. The Morgan fingerprint density at radius 3 is 2.24 bits per heavy atom. The number of nitrogens with one attached hydrogen (secondary N) is 1. The second-order valence-corrected chi connectivity index (χ2v) is 6.94.